The molecule has 2 saturated carbocycles. The number of nitrogens with one attached hydrogen (secondary N) is 1. The van der Waals surface area contributed by atoms with Crippen LogP contribution < -0.4 is 14.8 Å². The van der Waals surface area contributed by atoms with E-state index in [-0.39, 0.29) is 24.0 Å². The maximum atomic E-state index is 11.9. The van der Waals surface area contributed by atoms with Crippen LogP contribution in [0.25, 0.3) is 5.70 Å². The molecule has 2 aromatic rings. The standard InChI is InChI=1S/C26H32N2O3/c1-17(2)30-25-16-20(12-13-27-25)14-19-4-9-24(15-19)31-23-10-7-21(8-11-23)18(3)28-26(29)22-5-6-22/h7-8,10-13,16-17,19,22,24H,3-6,9,14-15H2,1-2H3,(H,28,29). The molecule has 1 aromatic carbocycles. The zero-order chi connectivity index (χ0) is 21.8. The Morgan fingerprint density at radius 3 is 2.65 bits per heavy atom. The molecule has 5 heteroatoms. The first-order chi connectivity index (χ1) is 15.0. The molecule has 2 fully saturated rings. The summed E-state index contributed by atoms with van der Waals surface area (Å²) < 4.78 is 11.9. The normalized spacial score (nSPS) is 20.5. The summed E-state index contributed by atoms with van der Waals surface area (Å²) in [6, 6.07) is 12.0. The van der Waals surface area contributed by atoms with Crippen LogP contribution in [-0.4, -0.2) is 23.1 Å². The summed E-state index contributed by atoms with van der Waals surface area (Å²) in [5.74, 6) is 2.44. The van der Waals surface area contributed by atoms with E-state index in [0.717, 1.165) is 49.8 Å². The van der Waals surface area contributed by atoms with E-state index in [1.54, 1.807) is 0 Å². The molecular formula is C26H32N2O3. The lowest BCUT2D eigenvalue weighted by Gasteiger charge is -2.15. The molecule has 0 spiro atoms. The van der Waals surface area contributed by atoms with Crippen molar-refractivity contribution in [3.05, 3.63) is 60.3 Å². The van der Waals surface area contributed by atoms with Gasteiger partial charge >= 0.3 is 0 Å². The Labute approximate surface area is 184 Å². The highest BCUT2D eigenvalue weighted by Crippen LogP contribution is 2.33. The van der Waals surface area contributed by atoms with Gasteiger partial charge in [0.25, 0.3) is 0 Å². The van der Waals surface area contributed by atoms with E-state index in [2.05, 4.69) is 29.0 Å². The summed E-state index contributed by atoms with van der Waals surface area (Å²) in [5, 5.41) is 2.91. The van der Waals surface area contributed by atoms with Crippen LogP contribution in [0.5, 0.6) is 11.6 Å². The Kier molecular flexibility index (Phi) is 6.59. The summed E-state index contributed by atoms with van der Waals surface area (Å²) in [6.45, 7) is 8.02. The topological polar surface area (TPSA) is 60.5 Å². The number of hydrogen-bond donors (Lipinski definition) is 1. The van der Waals surface area contributed by atoms with Gasteiger partial charge in [0.15, 0.2) is 0 Å². The third-order valence-corrected chi connectivity index (χ3v) is 5.90. The van der Waals surface area contributed by atoms with Crippen LogP contribution in [0.15, 0.2) is 49.2 Å². The van der Waals surface area contributed by atoms with Crippen molar-refractivity contribution in [2.75, 3.05) is 0 Å². The third kappa shape index (κ3) is 6.09. The van der Waals surface area contributed by atoms with Gasteiger partial charge in [-0.3, -0.25) is 4.79 Å². The summed E-state index contributed by atoms with van der Waals surface area (Å²) >= 11 is 0. The number of carbonyl (C=O) groups is 1. The number of ether oxygens (including phenoxy) is 2. The smallest absolute Gasteiger partial charge is 0.227 e. The zero-order valence-corrected chi connectivity index (χ0v) is 18.5. The van der Waals surface area contributed by atoms with Gasteiger partial charge in [0.2, 0.25) is 11.8 Å². The molecule has 1 aromatic heterocycles. The highest BCUT2D eigenvalue weighted by molar-refractivity contribution is 5.89. The molecule has 1 amide bonds. The van der Waals surface area contributed by atoms with Gasteiger partial charge in [-0.1, -0.05) is 6.58 Å². The monoisotopic (exact) mass is 420 g/mol. The molecule has 1 heterocycles. The van der Waals surface area contributed by atoms with Gasteiger partial charge in [-0.2, -0.15) is 0 Å². The fourth-order valence-corrected chi connectivity index (χ4v) is 4.13. The van der Waals surface area contributed by atoms with Crippen LogP contribution in [0, 0.1) is 11.8 Å². The molecule has 0 saturated heterocycles. The molecule has 31 heavy (non-hydrogen) atoms. The predicted octanol–water partition coefficient (Wildman–Crippen LogP) is 5.16. The molecule has 0 bridgehead atoms. The van der Waals surface area contributed by atoms with Gasteiger partial charge in [-0.15, -0.1) is 0 Å². The Morgan fingerprint density at radius 2 is 1.94 bits per heavy atom. The number of carbonyl (C=O) groups excluding carboxylic acids is 1. The average molecular weight is 421 g/mol. The largest absolute Gasteiger partial charge is 0.490 e. The Balaban J connectivity index is 1.26. The van der Waals surface area contributed by atoms with E-state index in [0.29, 0.717) is 17.5 Å². The van der Waals surface area contributed by atoms with Crippen molar-refractivity contribution in [2.45, 2.75) is 64.6 Å². The Hall–Kier alpha value is -2.82. The van der Waals surface area contributed by atoms with E-state index in [9.17, 15) is 4.79 Å². The summed E-state index contributed by atoms with van der Waals surface area (Å²) in [6.07, 6.45) is 8.48. The Morgan fingerprint density at radius 1 is 1.16 bits per heavy atom. The molecule has 0 radical (unpaired) electrons. The highest BCUT2D eigenvalue weighted by Gasteiger charge is 2.30. The first-order valence-corrected chi connectivity index (χ1v) is 11.3. The molecule has 164 valence electrons. The lowest BCUT2D eigenvalue weighted by molar-refractivity contribution is -0.121. The summed E-state index contributed by atoms with van der Waals surface area (Å²) in [7, 11) is 0. The van der Waals surface area contributed by atoms with E-state index < -0.39 is 0 Å². The average Bonchev–Trinajstić information content (AvgIpc) is 3.50. The minimum atomic E-state index is 0.0828. The lowest BCUT2D eigenvalue weighted by atomic mass is 9.99. The molecule has 2 atom stereocenters. The second-order valence-electron chi connectivity index (χ2n) is 9.06. The van der Waals surface area contributed by atoms with E-state index in [1.165, 1.54) is 5.56 Å². The van der Waals surface area contributed by atoms with Crippen LogP contribution in [0.4, 0.5) is 0 Å². The van der Waals surface area contributed by atoms with Gasteiger partial charge in [0.05, 0.1) is 12.2 Å². The van der Waals surface area contributed by atoms with Crippen molar-refractivity contribution < 1.29 is 14.3 Å². The molecule has 1 N–H and O–H groups in total. The number of nitrogens with zero attached hydrogens (tertiary/aromatic N) is 1. The minimum Gasteiger partial charge on any atom is -0.490 e. The number of amides is 1. The van der Waals surface area contributed by atoms with Crippen molar-refractivity contribution in [3.63, 3.8) is 0 Å². The van der Waals surface area contributed by atoms with E-state index in [1.807, 2.05) is 44.3 Å². The number of rotatable bonds is 9. The molecule has 2 aliphatic rings. The lowest BCUT2D eigenvalue weighted by Crippen LogP contribution is -2.22. The number of pyridine rings is 1. The maximum absolute atomic E-state index is 11.9. The van der Waals surface area contributed by atoms with Gasteiger partial charge in [-0.25, -0.2) is 4.98 Å². The quantitative estimate of drug-likeness (QED) is 0.609. The minimum absolute atomic E-state index is 0.0828. The molecule has 4 rings (SSSR count). The van der Waals surface area contributed by atoms with Crippen LogP contribution >= 0.6 is 0 Å². The second kappa shape index (κ2) is 9.54. The van der Waals surface area contributed by atoms with Crippen molar-refractivity contribution in [3.8, 4) is 11.6 Å². The van der Waals surface area contributed by atoms with Gasteiger partial charge in [0, 0.05) is 23.9 Å². The second-order valence-corrected chi connectivity index (χ2v) is 9.06. The molecule has 5 nitrogen and oxygen atoms in total. The zero-order valence-electron chi connectivity index (χ0n) is 18.5. The SMILES string of the molecule is C=C(NC(=O)C1CC1)c1ccc(OC2CCC(Cc3ccnc(OC(C)C)c3)C2)cc1. The van der Waals surface area contributed by atoms with Crippen molar-refractivity contribution in [1.29, 1.82) is 0 Å². The van der Waals surface area contributed by atoms with Gasteiger partial charge in [-0.05, 0) is 99.7 Å². The number of benzene rings is 1. The van der Waals surface area contributed by atoms with Gasteiger partial charge < -0.3 is 14.8 Å². The van der Waals surface area contributed by atoms with Gasteiger partial charge in [0.1, 0.15) is 5.75 Å². The summed E-state index contributed by atoms with van der Waals surface area (Å²) in [5.41, 5.74) is 2.85. The number of hydrogen-bond acceptors (Lipinski definition) is 4. The molecule has 0 aliphatic heterocycles. The number of aromatic nitrogens is 1. The fraction of sp³-hybridized carbons (Fsp3) is 0.462. The van der Waals surface area contributed by atoms with Crippen LogP contribution in [0.3, 0.4) is 0 Å². The first kappa shape index (κ1) is 21.4. The molecule has 2 aliphatic carbocycles. The van der Waals surface area contributed by atoms with Crippen LogP contribution in [0.1, 0.15) is 57.1 Å². The van der Waals surface area contributed by atoms with Crippen LogP contribution in [-0.2, 0) is 11.2 Å². The van der Waals surface area contributed by atoms with Crippen molar-refractivity contribution in [1.82, 2.24) is 10.3 Å². The van der Waals surface area contributed by atoms with Crippen molar-refractivity contribution >= 4 is 11.6 Å². The fourth-order valence-electron chi connectivity index (χ4n) is 4.13. The highest BCUT2D eigenvalue weighted by atomic mass is 16.5. The molecule has 2 unspecified atom stereocenters. The Bertz CT molecular complexity index is 919. The van der Waals surface area contributed by atoms with Crippen LogP contribution in [0.2, 0.25) is 0 Å². The first-order valence-electron chi connectivity index (χ1n) is 11.3. The van der Waals surface area contributed by atoms with E-state index >= 15 is 0 Å². The van der Waals surface area contributed by atoms with E-state index in [4.69, 9.17) is 9.47 Å². The molecular weight excluding hydrogens is 388 g/mol. The predicted molar refractivity (Wildman–Crippen MR) is 122 cm³/mol. The maximum Gasteiger partial charge on any atom is 0.227 e. The summed E-state index contributed by atoms with van der Waals surface area (Å²) in [4.78, 5) is 16.2. The van der Waals surface area contributed by atoms with Crippen molar-refractivity contribution in [2.24, 2.45) is 11.8 Å². The third-order valence-electron chi connectivity index (χ3n) is 5.90.